The molecule has 1 amide bonds. The van der Waals surface area contributed by atoms with Gasteiger partial charge in [-0.1, -0.05) is 6.07 Å². The van der Waals surface area contributed by atoms with E-state index in [1.807, 2.05) is 25.1 Å². The number of aromatic amines is 1. The zero-order valence-electron chi connectivity index (χ0n) is 12.8. The van der Waals surface area contributed by atoms with E-state index in [1.165, 1.54) is 18.3 Å². The van der Waals surface area contributed by atoms with E-state index in [2.05, 4.69) is 10.3 Å². The summed E-state index contributed by atoms with van der Waals surface area (Å²) in [5.74, 6) is 1.18. The van der Waals surface area contributed by atoms with Gasteiger partial charge in [-0.2, -0.15) is 0 Å². The Morgan fingerprint density at radius 3 is 2.70 bits per heavy atom. The van der Waals surface area contributed by atoms with Crippen LogP contribution in [0.3, 0.4) is 0 Å². The Kier molecular flexibility index (Phi) is 4.32. The highest BCUT2D eigenvalue weighted by atomic mass is 16.5. The lowest BCUT2D eigenvalue weighted by Gasteiger charge is -2.16. The molecule has 0 bridgehead atoms. The monoisotopic (exact) mass is 314 g/mol. The van der Waals surface area contributed by atoms with E-state index in [4.69, 9.17) is 9.47 Å². The maximum Gasteiger partial charge on any atom is 0.253 e. The minimum Gasteiger partial charge on any atom is -0.490 e. The number of aromatic nitrogens is 1. The van der Waals surface area contributed by atoms with Crippen molar-refractivity contribution >= 4 is 5.91 Å². The molecule has 120 valence electrons. The average Bonchev–Trinajstić information content (AvgIpc) is 2.79. The number of fused-ring (bicyclic) bond motifs is 1. The molecule has 0 spiro atoms. The molecule has 1 aliphatic heterocycles. The lowest BCUT2D eigenvalue weighted by Crippen LogP contribution is -2.27. The fraction of sp³-hybridized carbons (Fsp3) is 0.294. The SMILES string of the molecule is C[C@@H](NC(=O)c1ccc(=O)[nH]c1)c1ccc2c(c1)OCCCO2. The maximum absolute atomic E-state index is 12.2. The van der Waals surface area contributed by atoms with Gasteiger partial charge in [-0.15, -0.1) is 0 Å². The molecular weight excluding hydrogens is 296 g/mol. The van der Waals surface area contributed by atoms with Crippen molar-refractivity contribution in [2.24, 2.45) is 0 Å². The van der Waals surface area contributed by atoms with Crippen LogP contribution in [0.2, 0.25) is 0 Å². The zero-order chi connectivity index (χ0) is 16.2. The van der Waals surface area contributed by atoms with E-state index >= 15 is 0 Å². The molecule has 0 fully saturated rings. The van der Waals surface area contributed by atoms with Gasteiger partial charge in [0.05, 0.1) is 24.8 Å². The quantitative estimate of drug-likeness (QED) is 0.908. The van der Waals surface area contributed by atoms with Crippen LogP contribution >= 0.6 is 0 Å². The smallest absolute Gasteiger partial charge is 0.253 e. The minimum absolute atomic E-state index is 0.202. The van der Waals surface area contributed by atoms with Crippen molar-refractivity contribution < 1.29 is 14.3 Å². The molecule has 23 heavy (non-hydrogen) atoms. The number of pyridine rings is 1. The van der Waals surface area contributed by atoms with Crippen molar-refractivity contribution in [3.8, 4) is 11.5 Å². The highest BCUT2D eigenvalue weighted by molar-refractivity contribution is 5.94. The predicted molar refractivity (Wildman–Crippen MR) is 85.0 cm³/mol. The second kappa shape index (κ2) is 6.56. The topological polar surface area (TPSA) is 80.4 Å². The number of carbonyl (C=O) groups is 1. The van der Waals surface area contributed by atoms with Crippen LogP contribution in [-0.4, -0.2) is 24.1 Å². The van der Waals surface area contributed by atoms with Crippen LogP contribution in [0.15, 0.2) is 41.3 Å². The Bertz CT molecular complexity index is 749. The molecule has 6 nitrogen and oxygen atoms in total. The summed E-state index contributed by atoms with van der Waals surface area (Å²) in [6.45, 7) is 3.16. The van der Waals surface area contributed by atoms with Crippen LogP contribution in [-0.2, 0) is 0 Å². The molecule has 3 rings (SSSR count). The summed E-state index contributed by atoms with van der Waals surface area (Å²) < 4.78 is 11.3. The number of H-pyrrole nitrogens is 1. The summed E-state index contributed by atoms with van der Waals surface area (Å²) in [7, 11) is 0. The second-order valence-electron chi connectivity index (χ2n) is 5.39. The van der Waals surface area contributed by atoms with Crippen molar-refractivity contribution in [1.82, 2.24) is 10.3 Å². The van der Waals surface area contributed by atoms with Crippen molar-refractivity contribution in [3.05, 3.63) is 58.0 Å². The molecule has 0 saturated carbocycles. The highest BCUT2D eigenvalue weighted by Crippen LogP contribution is 2.32. The van der Waals surface area contributed by atoms with Crippen LogP contribution in [0.25, 0.3) is 0 Å². The van der Waals surface area contributed by atoms with Crippen LogP contribution in [0.5, 0.6) is 11.5 Å². The molecular formula is C17H18N2O4. The normalized spacial score (nSPS) is 14.7. The Morgan fingerprint density at radius 1 is 1.17 bits per heavy atom. The standard InChI is InChI=1S/C17H18N2O4/c1-11(19-17(21)13-4-6-16(20)18-10-13)12-3-5-14-15(9-12)23-8-2-7-22-14/h3-6,9-11H,2,7-8H2,1H3,(H,18,20)(H,19,21)/t11-/m1/s1. The summed E-state index contributed by atoms with van der Waals surface area (Å²) >= 11 is 0. The molecule has 1 atom stereocenters. The molecule has 2 aromatic rings. The largest absolute Gasteiger partial charge is 0.490 e. The van der Waals surface area contributed by atoms with Crippen molar-refractivity contribution in [2.75, 3.05) is 13.2 Å². The van der Waals surface area contributed by atoms with E-state index < -0.39 is 0 Å². The van der Waals surface area contributed by atoms with Crippen molar-refractivity contribution in [3.63, 3.8) is 0 Å². The van der Waals surface area contributed by atoms with E-state index in [0.29, 0.717) is 24.5 Å². The third kappa shape index (κ3) is 3.53. The number of ether oxygens (including phenoxy) is 2. The maximum atomic E-state index is 12.2. The highest BCUT2D eigenvalue weighted by Gasteiger charge is 2.16. The molecule has 2 N–H and O–H groups in total. The Labute approximate surface area is 133 Å². The summed E-state index contributed by atoms with van der Waals surface area (Å²) in [4.78, 5) is 25.7. The van der Waals surface area contributed by atoms with Gasteiger partial charge in [0.25, 0.3) is 5.91 Å². The van der Waals surface area contributed by atoms with Gasteiger partial charge in [0.1, 0.15) is 0 Å². The lowest BCUT2D eigenvalue weighted by molar-refractivity contribution is 0.0939. The molecule has 1 aromatic carbocycles. The third-order valence-corrected chi connectivity index (χ3v) is 3.67. The second-order valence-corrected chi connectivity index (χ2v) is 5.39. The van der Waals surface area contributed by atoms with Gasteiger partial charge in [-0.25, -0.2) is 0 Å². The number of nitrogens with one attached hydrogen (secondary N) is 2. The molecule has 0 radical (unpaired) electrons. The van der Waals surface area contributed by atoms with Gasteiger partial charge in [-0.05, 0) is 30.7 Å². The summed E-state index contributed by atoms with van der Waals surface area (Å²) in [6, 6.07) is 8.27. The third-order valence-electron chi connectivity index (χ3n) is 3.67. The average molecular weight is 314 g/mol. The van der Waals surface area contributed by atoms with E-state index in [-0.39, 0.29) is 17.5 Å². The van der Waals surface area contributed by atoms with E-state index in [0.717, 1.165) is 17.7 Å². The number of benzene rings is 1. The molecule has 6 heteroatoms. The van der Waals surface area contributed by atoms with E-state index in [9.17, 15) is 9.59 Å². The first-order chi connectivity index (χ1) is 11.1. The molecule has 0 unspecified atom stereocenters. The van der Waals surface area contributed by atoms with Crippen LogP contribution in [0.1, 0.15) is 35.3 Å². The van der Waals surface area contributed by atoms with Gasteiger partial charge in [0.15, 0.2) is 11.5 Å². The zero-order valence-corrected chi connectivity index (χ0v) is 12.8. The van der Waals surface area contributed by atoms with Gasteiger partial charge in [0.2, 0.25) is 5.56 Å². The number of hydrogen-bond donors (Lipinski definition) is 2. The van der Waals surface area contributed by atoms with Crippen molar-refractivity contribution in [2.45, 2.75) is 19.4 Å². The van der Waals surface area contributed by atoms with Crippen LogP contribution in [0.4, 0.5) is 0 Å². The predicted octanol–water partition coefficient (Wildman–Crippen LogP) is 2.03. The fourth-order valence-electron chi connectivity index (χ4n) is 2.36. The minimum atomic E-state index is -0.249. The lowest BCUT2D eigenvalue weighted by atomic mass is 10.1. The van der Waals surface area contributed by atoms with Gasteiger partial charge < -0.3 is 19.8 Å². The molecule has 1 aliphatic rings. The first kappa shape index (κ1) is 15.1. The van der Waals surface area contributed by atoms with E-state index in [1.54, 1.807) is 0 Å². The number of rotatable bonds is 3. The van der Waals surface area contributed by atoms with Gasteiger partial charge in [0, 0.05) is 18.7 Å². The summed E-state index contributed by atoms with van der Waals surface area (Å²) in [5.41, 5.74) is 1.09. The Balaban J connectivity index is 1.74. The first-order valence-electron chi connectivity index (χ1n) is 7.52. The number of hydrogen-bond acceptors (Lipinski definition) is 4. The molecule has 2 heterocycles. The van der Waals surface area contributed by atoms with Gasteiger partial charge in [-0.3, -0.25) is 9.59 Å². The van der Waals surface area contributed by atoms with Crippen LogP contribution < -0.4 is 20.3 Å². The Morgan fingerprint density at radius 2 is 1.96 bits per heavy atom. The fourth-order valence-corrected chi connectivity index (χ4v) is 2.36. The number of carbonyl (C=O) groups excluding carboxylic acids is 1. The van der Waals surface area contributed by atoms with Gasteiger partial charge >= 0.3 is 0 Å². The molecule has 1 aromatic heterocycles. The first-order valence-corrected chi connectivity index (χ1v) is 7.52. The Hall–Kier alpha value is -2.76. The van der Waals surface area contributed by atoms with Crippen molar-refractivity contribution in [1.29, 1.82) is 0 Å². The summed E-state index contributed by atoms with van der Waals surface area (Å²) in [6.07, 6.45) is 2.25. The summed E-state index contributed by atoms with van der Waals surface area (Å²) in [5, 5.41) is 2.90. The molecule has 0 saturated heterocycles. The molecule has 0 aliphatic carbocycles. The van der Waals surface area contributed by atoms with Crippen LogP contribution in [0, 0.1) is 0 Å². The number of amides is 1.